The maximum Gasteiger partial charge on any atom is 0.343 e. The first-order chi connectivity index (χ1) is 7.18. The zero-order valence-electron chi connectivity index (χ0n) is 8.82. The third kappa shape index (κ3) is 1.83. The molecule has 0 spiro atoms. The molecule has 0 radical (unpaired) electrons. The van der Waals surface area contributed by atoms with Gasteiger partial charge in [-0.3, -0.25) is 4.57 Å². The summed E-state index contributed by atoms with van der Waals surface area (Å²) in [5, 5.41) is 6.30. The van der Waals surface area contributed by atoms with Crippen molar-refractivity contribution in [2.75, 3.05) is 0 Å². The highest BCUT2D eigenvalue weighted by Gasteiger charge is 2.05. The summed E-state index contributed by atoms with van der Waals surface area (Å²) in [7, 11) is 0. The molecule has 78 valence electrons. The van der Waals surface area contributed by atoms with E-state index in [1.54, 1.807) is 4.57 Å². The fourth-order valence-corrected chi connectivity index (χ4v) is 1.54. The van der Waals surface area contributed by atoms with Crippen LogP contribution in [0.1, 0.15) is 17.0 Å². The molecule has 0 bridgehead atoms. The lowest BCUT2D eigenvalue weighted by atomic mass is 10.1. The largest absolute Gasteiger partial charge is 0.343 e. The Labute approximate surface area is 87.6 Å². The standard InChI is InChI=1S/C11H13N3O/c1-8-5-3-4-6-10(8)7-14-9(2)12-13-11(14)15/h3-6H,7H2,1-2H3,(H,13,15). The molecule has 4 nitrogen and oxygen atoms in total. The van der Waals surface area contributed by atoms with E-state index < -0.39 is 0 Å². The normalized spacial score (nSPS) is 10.5. The molecule has 1 heterocycles. The third-order valence-corrected chi connectivity index (χ3v) is 2.54. The summed E-state index contributed by atoms with van der Waals surface area (Å²) < 4.78 is 1.63. The first-order valence-electron chi connectivity index (χ1n) is 4.85. The summed E-state index contributed by atoms with van der Waals surface area (Å²) in [6, 6.07) is 8.02. The molecule has 1 N–H and O–H groups in total. The van der Waals surface area contributed by atoms with Crippen LogP contribution < -0.4 is 5.69 Å². The Balaban J connectivity index is 2.38. The molecule has 4 heteroatoms. The Morgan fingerprint density at radius 2 is 2.07 bits per heavy atom. The molecule has 1 aromatic heterocycles. The molecule has 0 saturated heterocycles. The van der Waals surface area contributed by atoms with Crippen LogP contribution in [0.2, 0.25) is 0 Å². The van der Waals surface area contributed by atoms with Gasteiger partial charge < -0.3 is 0 Å². The Kier molecular flexibility index (Phi) is 2.41. The van der Waals surface area contributed by atoms with Gasteiger partial charge in [-0.15, -0.1) is 0 Å². The topological polar surface area (TPSA) is 50.7 Å². The smallest absolute Gasteiger partial charge is 0.275 e. The van der Waals surface area contributed by atoms with Crippen LogP contribution in [0.3, 0.4) is 0 Å². The molecule has 0 aliphatic rings. The molecule has 1 aromatic carbocycles. The quantitative estimate of drug-likeness (QED) is 0.798. The van der Waals surface area contributed by atoms with E-state index in [1.165, 1.54) is 5.56 Å². The van der Waals surface area contributed by atoms with Crippen molar-refractivity contribution in [3.05, 3.63) is 51.7 Å². The lowest BCUT2D eigenvalue weighted by molar-refractivity contribution is 0.730. The molecule has 2 rings (SSSR count). The van der Waals surface area contributed by atoms with E-state index in [2.05, 4.69) is 10.2 Å². The number of aryl methyl sites for hydroxylation is 2. The molecule has 2 aromatic rings. The lowest BCUT2D eigenvalue weighted by Crippen LogP contribution is -2.19. The van der Waals surface area contributed by atoms with E-state index in [0.29, 0.717) is 12.4 Å². The summed E-state index contributed by atoms with van der Waals surface area (Å²) in [5.41, 5.74) is 2.17. The summed E-state index contributed by atoms with van der Waals surface area (Å²) >= 11 is 0. The molecule has 0 aliphatic carbocycles. The van der Waals surface area contributed by atoms with Crippen LogP contribution >= 0.6 is 0 Å². The molecule has 0 amide bonds. The van der Waals surface area contributed by atoms with Crippen molar-refractivity contribution in [3.63, 3.8) is 0 Å². The first-order valence-corrected chi connectivity index (χ1v) is 4.85. The van der Waals surface area contributed by atoms with Gasteiger partial charge in [0.15, 0.2) is 0 Å². The molecule has 0 saturated carbocycles. The minimum absolute atomic E-state index is 0.157. The number of nitrogens with zero attached hydrogens (tertiary/aromatic N) is 2. The monoisotopic (exact) mass is 203 g/mol. The van der Waals surface area contributed by atoms with Gasteiger partial charge in [-0.05, 0) is 25.0 Å². The van der Waals surface area contributed by atoms with Gasteiger partial charge in [0.25, 0.3) is 0 Å². The van der Waals surface area contributed by atoms with E-state index >= 15 is 0 Å². The molecule has 0 fully saturated rings. The SMILES string of the molecule is Cc1ccccc1Cn1c(C)n[nH]c1=O. The number of H-pyrrole nitrogens is 1. The number of aromatic nitrogens is 3. The maximum atomic E-state index is 11.4. The molecule has 0 aliphatic heterocycles. The first kappa shape index (κ1) is 9.71. The Morgan fingerprint density at radius 3 is 2.67 bits per heavy atom. The number of hydrogen-bond donors (Lipinski definition) is 1. The average Bonchev–Trinajstić information content (AvgIpc) is 2.53. The van der Waals surface area contributed by atoms with Crippen molar-refractivity contribution in [2.45, 2.75) is 20.4 Å². The fraction of sp³-hybridized carbons (Fsp3) is 0.273. The summed E-state index contributed by atoms with van der Waals surface area (Å²) in [6.07, 6.45) is 0. The summed E-state index contributed by atoms with van der Waals surface area (Å²) in [4.78, 5) is 11.4. The second-order valence-corrected chi connectivity index (χ2v) is 3.59. The van der Waals surface area contributed by atoms with Crippen LogP contribution in [0, 0.1) is 13.8 Å². The zero-order chi connectivity index (χ0) is 10.8. The van der Waals surface area contributed by atoms with Crippen LogP contribution in [0.25, 0.3) is 0 Å². The molecule has 15 heavy (non-hydrogen) atoms. The van der Waals surface area contributed by atoms with Crippen molar-refractivity contribution in [3.8, 4) is 0 Å². The molecular formula is C11H13N3O. The number of benzene rings is 1. The van der Waals surface area contributed by atoms with Crippen molar-refractivity contribution in [2.24, 2.45) is 0 Å². The van der Waals surface area contributed by atoms with Gasteiger partial charge in [-0.2, -0.15) is 5.10 Å². The van der Waals surface area contributed by atoms with Crippen LogP contribution in [0.4, 0.5) is 0 Å². The van der Waals surface area contributed by atoms with Gasteiger partial charge in [-0.1, -0.05) is 24.3 Å². The van der Waals surface area contributed by atoms with Gasteiger partial charge >= 0.3 is 5.69 Å². The van der Waals surface area contributed by atoms with Crippen molar-refractivity contribution >= 4 is 0 Å². The van der Waals surface area contributed by atoms with Crippen LogP contribution in [0.15, 0.2) is 29.1 Å². The Bertz CT molecular complexity index is 525. The number of rotatable bonds is 2. The predicted molar refractivity (Wildman–Crippen MR) is 57.9 cm³/mol. The van der Waals surface area contributed by atoms with Gasteiger partial charge in [0, 0.05) is 0 Å². The number of aromatic amines is 1. The predicted octanol–water partition coefficient (Wildman–Crippen LogP) is 1.24. The van der Waals surface area contributed by atoms with E-state index in [1.807, 2.05) is 38.1 Å². The number of hydrogen-bond acceptors (Lipinski definition) is 2. The van der Waals surface area contributed by atoms with E-state index in [0.717, 1.165) is 5.56 Å². The van der Waals surface area contributed by atoms with Crippen molar-refractivity contribution in [1.82, 2.24) is 14.8 Å². The van der Waals surface area contributed by atoms with Gasteiger partial charge in [0.1, 0.15) is 5.82 Å². The molecule has 0 atom stereocenters. The summed E-state index contributed by atoms with van der Waals surface area (Å²) in [5.74, 6) is 0.711. The van der Waals surface area contributed by atoms with Crippen LogP contribution in [-0.2, 0) is 6.54 Å². The minimum atomic E-state index is -0.157. The Hall–Kier alpha value is -1.84. The average molecular weight is 203 g/mol. The highest BCUT2D eigenvalue weighted by Crippen LogP contribution is 2.08. The summed E-state index contributed by atoms with van der Waals surface area (Å²) in [6.45, 7) is 4.43. The second kappa shape index (κ2) is 3.73. The van der Waals surface area contributed by atoms with Crippen molar-refractivity contribution in [1.29, 1.82) is 0 Å². The highest BCUT2D eigenvalue weighted by atomic mass is 16.1. The minimum Gasteiger partial charge on any atom is -0.275 e. The van der Waals surface area contributed by atoms with Crippen LogP contribution in [0.5, 0.6) is 0 Å². The fourth-order valence-electron chi connectivity index (χ4n) is 1.54. The highest BCUT2D eigenvalue weighted by molar-refractivity contribution is 5.25. The Morgan fingerprint density at radius 1 is 1.33 bits per heavy atom. The lowest BCUT2D eigenvalue weighted by Gasteiger charge is -2.06. The molecule has 0 unspecified atom stereocenters. The van der Waals surface area contributed by atoms with E-state index in [9.17, 15) is 4.79 Å². The second-order valence-electron chi connectivity index (χ2n) is 3.59. The zero-order valence-corrected chi connectivity index (χ0v) is 8.82. The third-order valence-electron chi connectivity index (χ3n) is 2.54. The van der Waals surface area contributed by atoms with E-state index in [4.69, 9.17) is 0 Å². The van der Waals surface area contributed by atoms with E-state index in [-0.39, 0.29) is 5.69 Å². The van der Waals surface area contributed by atoms with Crippen molar-refractivity contribution < 1.29 is 0 Å². The van der Waals surface area contributed by atoms with Crippen LogP contribution in [-0.4, -0.2) is 14.8 Å². The number of nitrogens with one attached hydrogen (secondary N) is 1. The van der Waals surface area contributed by atoms with Gasteiger partial charge in [0.2, 0.25) is 0 Å². The van der Waals surface area contributed by atoms with Gasteiger partial charge in [0.05, 0.1) is 6.54 Å². The maximum absolute atomic E-state index is 11.4. The van der Waals surface area contributed by atoms with Gasteiger partial charge in [-0.25, -0.2) is 9.89 Å². The molecular weight excluding hydrogens is 190 g/mol.